The lowest BCUT2D eigenvalue weighted by Crippen LogP contribution is -2.50. The molecule has 4 unspecified atom stereocenters. The summed E-state index contributed by atoms with van der Waals surface area (Å²) >= 11 is 0. The van der Waals surface area contributed by atoms with E-state index >= 15 is 0 Å². The largest absolute Gasteiger partial charge is 0.394 e. The fraction of sp³-hybridized carbons (Fsp3) is 0.816. The maximum Gasteiger partial charge on any atom is 0.220 e. The van der Waals surface area contributed by atoms with Crippen molar-refractivity contribution in [3.8, 4) is 0 Å². The van der Waals surface area contributed by atoms with Crippen LogP contribution in [0.4, 0.5) is 0 Å². The molecular formula is C38H71NO6. The standard InChI is InChI=1S/C38H71NO6/c1-3-5-7-9-11-13-15-17-19-21-23-25-28-34(41)35(42)30-27-31-37(44)39-33(32-40)38(45)36(43)29-26-24-22-20-18-16-14-12-10-8-6-4-2/h11,13,17,19,23,25,33-36,38,40-43,45H,3-10,12,14-16,18,20-22,24,26-32H2,1-2H3,(H,39,44)/b13-11-,19-17-,25-23-/t33-,34?,35?,36?,38?/m0/s1. The predicted octanol–water partition coefficient (Wildman–Crippen LogP) is 7.59. The Morgan fingerprint density at radius 3 is 1.64 bits per heavy atom. The molecule has 0 aromatic carbocycles. The fourth-order valence-corrected chi connectivity index (χ4v) is 5.38. The Kier molecular flexibility index (Phi) is 31.3. The number of rotatable bonds is 32. The quantitative estimate of drug-likeness (QED) is 0.0333. The van der Waals surface area contributed by atoms with E-state index in [-0.39, 0.29) is 18.7 Å². The minimum Gasteiger partial charge on any atom is -0.394 e. The summed E-state index contributed by atoms with van der Waals surface area (Å²) in [5.41, 5.74) is 0. The molecule has 0 rings (SSSR count). The number of amides is 1. The van der Waals surface area contributed by atoms with Crippen molar-refractivity contribution in [2.24, 2.45) is 0 Å². The highest BCUT2D eigenvalue weighted by atomic mass is 16.3. The number of hydrogen-bond donors (Lipinski definition) is 6. The second kappa shape index (κ2) is 32.4. The molecule has 6 N–H and O–H groups in total. The van der Waals surface area contributed by atoms with Crippen LogP contribution in [-0.2, 0) is 4.79 Å². The summed E-state index contributed by atoms with van der Waals surface area (Å²) in [6.45, 7) is 3.98. The van der Waals surface area contributed by atoms with Gasteiger partial charge in [0.1, 0.15) is 6.10 Å². The molecule has 7 nitrogen and oxygen atoms in total. The zero-order valence-electron chi connectivity index (χ0n) is 29.0. The van der Waals surface area contributed by atoms with Gasteiger partial charge in [0, 0.05) is 6.42 Å². The Hall–Kier alpha value is -1.51. The lowest BCUT2D eigenvalue weighted by atomic mass is 9.99. The number of carbonyl (C=O) groups excluding carboxylic acids is 1. The molecule has 0 heterocycles. The number of unbranched alkanes of at least 4 members (excludes halogenated alkanes) is 14. The van der Waals surface area contributed by atoms with Gasteiger partial charge in [-0.05, 0) is 51.4 Å². The summed E-state index contributed by atoms with van der Waals surface area (Å²) in [6, 6.07) is -0.943. The van der Waals surface area contributed by atoms with Crippen LogP contribution in [-0.4, -0.2) is 68.5 Å². The average Bonchev–Trinajstić information content (AvgIpc) is 3.03. The Balaban J connectivity index is 4.01. The van der Waals surface area contributed by atoms with Gasteiger partial charge in [-0.1, -0.05) is 140 Å². The van der Waals surface area contributed by atoms with E-state index in [0.717, 1.165) is 38.5 Å². The van der Waals surface area contributed by atoms with Gasteiger partial charge in [0.05, 0.1) is 31.0 Å². The highest BCUT2D eigenvalue weighted by Gasteiger charge is 2.27. The van der Waals surface area contributed by atoms with E-state index < -0.39 is 37.1 Å². The van der Waals surface area contributed by atoms with Gasteiger partial charge in [0.15, 0.2) is 0 Å². The summed E-state index contributed by atoms with van der Waals surface area (Å²) in [5.74, 6) is -0.366. The third kappa shape index (κ3) is 27.3. The number of allylic oxidation sites excluding steroid dienone is 5. The Morgan fingerprint density at radius 1 is 0.578 bits per heavy atom. The minimum atomic E-state index is -1.24. The molecule has 264 valence electrons. The molecule has 0 aromatic heterocycles. The average molecular weight is 638 g/mol. The second-order valence-corrected chi connectivity index (χ2v) is 12.7. The van der Waals surface area contributed by atoms with Gasteiger partial charge in [-0.2, -0.15) is 0 Å². The number of aliphatic hydroxyl groups excluding tert-OH is 5. The molecule has 5 atom stereocenters. The minimum absolute atomic E-state index is 0.0928. The summed E-state index contributed by atoms with van der Waals surface area (Å²) in [7, 11) is 0. The van der Waals surface area contributed by atoms with Gasteiger partial charge in [-0.3, -0.25) is 4.79 Å². The van der Waals surface area contributed by atoms with Crippen LogP contribution in [0.15, 0.2) is 36.5 Å². The molecule has 0 bridgehead atoms. The van der Waals surface area contributed by atoms with Crippen molar-refractivity contribution in [3.63, 3.8) is 0 Å². The maximum absolute atomic E-state index is 12.4. The highest BCUT2D eigenvalue weighted by Crippen LogP contribution is 2.15. The smallest absolute Gasteiger partial charge is 0.220 e. The number of hydrogen-bond acceptors (Lipinski definition) is 6. The molecule has 1 amide bonds. The van der Waals surface area contributed by atoms with Crippen molar-refractivity contribution < 1.29 is 30.3 Å². The first kappa shape index (κ1) is 43.5. The molecule has 0 fully saturated rings. The molecule has 0 aliphatic rings. The zero-order chi connectivity index (χ0) is 33.4. The van der Waals surface area contributed by atoms with Crippen LogP contribution in [0.1, 0.15) is 162 Å². The zero-order valence-corrected chi connectivity index (χ0v) is 29.0. The summed E-state index contributed by atoms with van der Waals surface area (Å²) < 4.78 is 0. The van der Waals surface area contributed by atoms with Gasteiger partial charge in [-0.25, -0.2) is 0 Å². The van der Waals surface area contributed by atoms with Crippen molar-refractivity contribution in [1.82, 2.24) is 5.32 Å². The summed E-state index contributed by atoms with van der Waals surface area (Å²) in [4.78, 5) is 12.4. The normalized spacial score (nSPS) is 15.6. The van der Waals surface area contributed by atoms with Crippen LogP contribution >= 0.6 is 0 Å². The van der Waals surface area contributed by atoms with Crippen LogP contribution in [0, 0.1) is 0 Å². The summed E-state index contributed by atoms with van der Waals surface area (Å²) in [6.07, 6.45) is 31.1. The molecule has 7 heteroatoms. The SMILES string of the molecule is CCCCC/C=C\C/C=C\C/C=C\CC(O)C(O)CCCC(=O)N[C@@H](CO)C(O)C(O)CCCCCCCCCCCCCC. The molecule has 0 aliphatic carbocycles. The van der Waals surface area contributed by atoms with E-state index in [1.165, 1.54) is 77.0 Å². The van der Waals surface area contributed by atoms with Crippen molar-refractivity contribution in [1.29, 1.82) is 0 Å². The Labute approximate surface area is 276 Å². The maximum atomic E-state index is 12.4. The van der Waals surface area contributed by atoms with E-state index in [4.69, 9.17) is 0 Å². The lowest BCUT2D eigenvalue weighted by Gasteiger charge is -2.26. The Bertz CT molecular complexity index is 740. The lowest BCUT2D eigenvalue weighted by molar-refractivity contribution is -0.124. The third-order valence-corrected chi connectivity index (χ3v) is 8.45. The second-order valence-electron chi connectivity index (χ2n) is 12.7. The highest BCUT2D eigenvalue weighted by molar-refractivity contribution is 5.76. The van der Waals surface area contributed by atoms with E-state index in [0.29, 0.717) is 19.3 Å². The van der Waals surface area contributed by atoms with Crippen molar-refractivity contribution in [3.05, 3.63) is 36.5 Å². The van der Waals surface area contributed by atoms with Gasteiger partial charge in [0.25, 0.3) is 0 Å². The van der Waals surface area contributed by atoms with E-state index in [9.17, 15) is 30.3 Å². The van der Waals surface area contributed by atoms with Crippen LogP contribution < -0.4 is 5.32 Å². The summed E-state index contributed by atoms with van der Waals surface area (Å²) in [5, 5.41) is 53.7. The topological polar surface area (TPSA) is 130 Å². The van der Waals surface area contributed by atoms with Gasteiger partial charge in [-0.15, -0.1) is 0 Å². The van der Waals surface area contributed by atoms with Gasteiger partial charge >= 0.3 is 0 Å². The first-order valence-corrected chi connectivity index (χ1v) is 18.4. The Morgan fingerprint density at radius 2 is 1.07 bits per heavy atom. The number of carbonyl (C=O) groups is 1. The van der Waals surface area contributed by atoms with Crippen LogP contribution in [0.5, 0.6) is 0 Å². The van der Waals surface area contributed by atoms with Crippen molar-refractivity contribution in [2.75, 3.05) is 6.61 Å². The van der Waals surface area contributed by atoms with E-state index in [2.05, 4.69) is 43.5 Å². The molecule has 0 saturated carbocycles. The predicted molar refractivity (Wildman–Crippen MR) is 188 cm³/mol. The molecule has 45 heavy (non-hydrogen) atoms. The van der Waals surface area contributed by atoms with E-state index in [1.54, 1.807) is 0 Å². The van der Waals surface area contributed by atoms with Crippen LogP contribution in [0.2, 0.25) is 0 Å². The third-order valence-electron chi connectivity index (χ3n) is 8.45. The van der Waals surface area contributed by atoms with Crippen molar-refractivity contribution in [2.45, 2.75) is 192 Å². The monoisotopic (exact) mass is 638 g/mol. The van der Waals surface area contributed by atoms with E-state index in [1.807, 2.05) is 12.2 Å². The molecule has 0 radical (unpaired) electrons. The van der Waals surface area contributed by atoms with Crippen molar-refractivity contribution >= 4 is 5.91 Å². The van der Waals surface area contributed by atoms with Gasteiger partial charge in [0.2, 0.25) is 5.91 Å². The molecule has 0 spiro atoms. The first-order chi connectivity index (χ1) is 21.9. The fourth-order valence-electron chi connectivity index (χ4n) is 5.38. The van der Waals surface area contributed by atoms with Gasteiger partial charge < -0.3 is 30.8 Å². The first-order valence-electron chi connectivity index (χ1n) is 18.4. The number of nitrogens with one attached hydrogen (secondary N) is 1. The van der Waals surface area contributed by atoms with Crippen LogP contribution in [0.25, 0.3) is 0 Å². The molecule has 0 aromatic rings. The molecule has 0 saturated heterocycles. The molecular weight excluding hydrogens is 566 g/mol. The number of aliphatic hydroxyl groups is 5. The molecule has 0 aliphatic heterocycles. The van der Waals surface area contributed by atoms with Crippen LogP contribution in [0.3, 0.4) is 0 Å².